The largest absolute Gasteiger partial charge is 0.490 e. The number of nitrogens with one attached hydrogen (secondary N) is 1. The first kappa shape index (κ1) is 91.3. The van der Waals surface area contributed by atoms with E-state index in [4.69, 9.17) is 29.4 Å². The van der Waals surface area contributed by atoms with E-state index >= 15 is 0 Å². The Hall–Kier alpha value is -9.13. The Balaban J connectivity index is 0.000000285. The number of halogens is 18. The summed E-state index contributed by atoms with van der Waals surface area (Å²) in [6.45, 7) is 15.3. The van der Waals surface area contributed by atoms with Crippen LogP contribution < -0.4 is 36.4 Å². The lowest BCUT2D eigenvalue weighted by molar-refractivity contribution is -0.140. The fourth-order valence-corrected chi connectivity index (χ4v) is 10.1. The Morgan fingerprint density at radius 3 is 1.11 bits per heavy atom. The van der Waals surface area contributed by atoms with Gasteiger partial charge in [0.1, 0.15) is 81.7 Å². The summed E-state index contributed by atoms with van der Waals surface area (Å²) in [5, 5.41) is 20.1. The van der Waals surface area contributed by atoms with Crippen LogP contribution in [-0.2, 0) is 59.5 Å². The smallest absolute Gasteiger partial charge is 0.419 e. The number of carbonyl (C=O) groups is 3. The summed E-state index contributed by atoms with van der Waals surface area (Å²) in [6, 6.07) is 14.5. The first-order chi connectivity index (χ1) is 49.5. The Kier molecular flexibility index (Phi) is 33.6. The topological polar surface area (TPSA) is 235 Å². The fraction of sp³-hybridized carbons (Fsp3) is 0.500. The van der Waals surface area contributed by atoms with Gasteiger partial charge in [-0.3, -0.25) is 14.4 Å². The summed E-state index contributed by atoms with van der Waals surface area (Å²) in [5.41, 5.74) is -1.07. The van der Waals surface area contributed by atoms with Crippen LogP contribution in [-0.4, -0.2) is 145 Å². The van der Waals surface area contributed by atoms with E-state index in [0.29, 0.717) is 120 Å². The molecule has 0 spiro atoms. The molecule has 0 atom stereocenters. The average molecular weight is 1580 g/mol. The van der Waals surface area contributed by atoms with Gasteiger partial charge in [0.15, 0.2) is 0 Å². The van der Waals surface area contributed by atoms with Gasteiger partial charge in [-0.05, 0) is 141 Å². The molecule has 108 heavy (non-hydrogen) atoms. The van der Waals surface area contributed by atoms with Crippen molar-refractivity contribution in [3.63, 3.8) is 0 Å². The molecule has 0 bridgehead atoms. The molecule has 4 fully saturated rings. The number of anilines is 1. The molecule has 0 radical (unpaired) electrons. The number of nitrogens with two attached hydrogens (primary N) is 1. The highest BCUT2D eigenvalue weighted by Crippen LogP contribution is 2.37. The Bertz CT molecular complexity index is 4010. The fourth-order valence-electron chi connectivity index (χ4n) is 10.1. The molecule has 2 aromatic heterocycles. The number of ether oxygens (including phenoxy) is 5. The van der Waals surface area contributed by atoms with Crippen molar-refractivity contribution < 1.29 is 118 Å². The van der Waals surface area contributed by atoms with Gasteiger partial charge in [0, 0.05) is 115 Å². The van der Waals surface area contributed by atoms with Gasteiger partial charge in [-0.1, -0.05) is 0 Å². The van der Waals surface area contributed by atoms with Crippen LogP contribution in [0.4, 0.5) is 90.0 Å². The van der Waals surface area contributed by atoms with E-state index in [9.17, 15) is 104 Å². The van der Waals surface area contributed by atoms with Crippen LogP contribution in [0, 0.1) is 29.1 Å². The summed E-state index contributed by atoms with van der Waals surface area (Å²) < 4.78 is 242. The second-order valence-corrected chi connectivity index (χ2v) is 26.5. The lowest BCUT2D eigenvalue weighted by Gasteiger charge is -2.33. The first-order valence-electron chi connectivity index (χ1n) is 33.1. The van der Waals surface area contributed by atoms with Crippen LogP contribution in [0.15, 0.2) is 107 Å². The highest BCUT2D eigenvalue weighted by molar-refractivity contribution is 5.85. The van der Waals surface area contributed by atoms with E-state index in [1.165, 1.54) is 36.0 Å². The van der Waals surface area contributed by atoms with Crippen LogP contribution >= 0.6 is 12.4 Å². The predicted octanol–water partition coefficient (Wildman–Crippen LogP) is 14.3. The molecule has 20 nitrogen and oxygen atoms in total. The molecular weight excluding hydrogens is 1500 g/mol. The second-order valence-electron chi connectivity index (χ2n) is 26.5. The summed E-state index contributed by atoms with van der Waals surface area (Å²) in [7, 11) is 3.06. The number of aryl methyl sites for hydroxylation is 2. The summed E-state index contributed by atoms with van der Waals surface area (Å²) >= 11 is 0. The zero-order valence-corrected chi connectivity index (χ0v) is 60.5. The van der Waals surface area contributed by atoms with Crippen molar-refractivity contribution in [3.05, 3.63) is 175 Å². The number of carbonyl (C=O) groups excluding carboxylic acids is 3. The molecule has 6 heterocycles. The highest BCUT2D eigenvalue weighted by Gasteiger charge is 2.38. The molecule has 0 aliphatic carbocycles. The molecule has 3 amide bonds. The van der Waals surface area contributed by atoms with Gasteiger partial charge >= 0.3 is 36.9 Å². The van der Waals surface area contributed by atoms with Crippen LogP contribution in [0.5, 0.6) is 17.2 Å². The number of aromatic nitrogens is 4. The van der Waals surface area contributed by atoms with E-state index < -0.39 is 93.3 Å². The molecule has 4 aliphatic heterocycles. The van der Waals surface area contributed by atoms with Gasteiger partial charge in [-0.2, -0.15) is 62.9 Å². The van der Waals surface area contributed by atoms with Crippen molar-refractivity contribution in [2.45, 2.75) is 160 Å². The predicted molar refractivity (Wildman–Crippen MR) is 361 cm³/mol. The van der Waals surface area contributed by atoms with Gasteiger partial charge in [-0.25, -0.2) is 40.9 Å². The minimum Gasteiger partial charge on any atom is -0.490 e. The Labute approximate surface area is 615 Å². The van der Waals surface area contributed by atoms with Gasteiger partial charge in [0.05, 0.1) is 40.5 Å². The number of rotatable bonds is 8. The molecular formula is C70H83ClF17N9O11. The van der Waals surface area contributed by atoms with E-state index in [1.54, 1.807) is 42.5 Å². The monoisotopic (exact) mass is 1580 g/mol. The van der Waals surface area contributed by atoms with Crippen molar-refractivity contribution in [1.82, 2.24) is 39.6 Å². The minimum absolute atomic E-state index is 0. The van der Waals surface area contributed by atoms with E-state index in [-0.39, 0.29) is 89.7 Å². The summed E-state index contributed by atoms with van der Waals surface area (Å²) in [5.74, 6) is -6.24. The lowest BCUT2D eigenvalue weighted by Crippen LogP contribution is -2.44. The molecule has 4 N–H and O–H groups in total. The van der Waals surface area contributed by atoms with E-state index in [0.717, 1.165) is 67.0 Å². The quantitative estimate of drug-likeness (QED) is 0.120. The molecule has 0 saturated carbocycles. The van der Waals surface area contributed by atoms with Crippen molar-refractivity contribution in [2.75, 3.05) is 58.1 Å². The number of amides is 3. The number of benzene rings is 4. The van der Waals surface area contributed by atoms with Crippen LogP contribution in [0.1, 0.15) is 121 Å². The maximum absolute atomic E-state index is 13.6. The van der Waals surface area contributed by atoms with Crippen molar-refractivity contribution >= 4 is 36.3 Å². The standard InChI is InChI=1S/C19H19F4N3O3.C17H21F4NO3.C12H13F4NO.C10H19NO3.C7H3F5.C5H7N3O.ClH/c1-25-17(27)5-2-12(24-25)10-18(28)26-8-6-13(7-9-26)29-14-3-4-15(16(20)11-14)19(21,22)23;1-16(2,3)25-15(23)22-8-6-11(7-9-22)24-12-4-5-13(14(18)10-12)17(19,20)21;13-11-7-9(1-2-10(11)12(14,15)16)18-8-3-5-17-6-4-8;1-10(2,3)14-9(13)11-6-4-8(12)5-7-11;8-4-1-2-5(6(9)3-4)7(10,11)12;1-8-5(9)3-2-4(6)7-8;/h2-5,11,13H,6-10H2,1H3;4-5,10-11H,6-9H2,1-3H3;1-2,7-8,17H,3-6H2;8,12H,4-7H2,1-3H3;1-3H;2-3H,1H3,(H2,6,7);1H. The molecule has 6 aromatic rings. The molecule has 4 saturated heterocycles. The number of likely N-dealkylation sites (tertiary alicyclic amines) is 3. The SMILES string of the molecule is CC(C)(C)OC(=O)N1CCC(O)CC1.CC(C)(C)OC(=O)N1CCC(Oc2ccc(C(F)(F)F)c(F)c2)CC1.Cl.Cn1nc(CC(=O)N2CCC(Oc3ccc(C(F)(F)F)c(F)c3)CC2)ccc1=O.Cn1nc(N)ccc1=O.Fc1cc(OC2CCNCC2)ccc1C(F)(F)F.Fc1ccc(C(F)(F)F)c(F)c1. The summed E-state index contributed by atoms with van der Waals surface area (Å²) in [4.78, 5) is 62.7. The minimum atomic E-state index is -4.77. The first-order valence-corrected chi connectivity index (χ1v) is 33.1. The van der Waals surface area contributed by atoms with Crippen LogP contribution in [0.2, 0.25) is 0 Å². The maximum Gasteiger partial charge on any atom is 0.419 e. The Morgan fingerprint density at radius 2 is 0.787 bits per heavy atom. The number of hydrogen-bond donors (Lipinski definition) is 3. The average Bonchev–Trinajstić information content (AvgIpc) is 0.855. The summed E-state index contributed by atoms with van der Waals surface area (Å²) in [6.07, 6.45) is -15.8. The third-order valence-corrected chi connectivity index (χ3v) is 15.5. The van der Waals surface area contributed by atoms with Crippen molar-refractivity contribution in [3.8, 4) is 17.2 Å². The number of aliphatic hydroxyl groups is 1. The van der Waals surface area contributed by atoms with Crippen molar-refractivity contribution in [2.24, 2.45) is 14.1 Å². The lowest BCUT2D eigenvalue weighted by atomic mass is 10.1. The second kappa shape index (κ2) is 39.8. The molecule has 600 valence electrons. The number of piperidine rings is 4. The van der Waals surface area contributed by atoms with Crippen LogP contribution in [0.3, 0.4) is 0 Å². The third kappa shape index (κ3) is 31.2. The van der Waals surface area contributed by atoms with E-state index in [1.807, 2.05) is 20.8 Å². The zero-order valence-electron chi connectivity index (χ0n) is 59.6. The van der Waals surface area contributed by atoms with Gasteiger partial charge in [0.2, 0.25) is 5.91 Å². The molecule has 4 aromatic carbocycles. The number of hydrogen-bond acceptors (Lipinski definition) is 15. The normalized spacial score (nSPS) is 15.6. The molecule has 0 unspecified atom stereocenters. The molecule has 10 rings (SSSR count). The number of aliphatic hydroxyl groups excluding tert-OH is 1. The van der Waals surface area contributed by atoms with Crippen LogP contribution in [0.25, 0.3) is 0 Å². The highest BCUT2D eigenvalue weighted by atomic mass is 35.5. The molecule has 4 aliphatic rings. The third-order valence-electron chi connectivity index (χ3n) is 15.5. The van der Waals surface area contributed by atoms with Crippen molar-refractivity contribution in [1.29, 1.82) is 0 Å². The number of nitrogen functional groups attached to an aromatic ring is 1. The van der Waals surface area contributed by atoms with E-state index in [2.05, 4.69) is 15.5 Å². The number of nitrogens with zero attached hydrogens (tertiary/aromatic N) is 7. The zero-order chi connectivity index (χ0) is 80.2. The number of alkyl halides is 12. The van der Waals surface area contributed by atoms with Gasteiger partial charge in [0.25, 0.3) is 11.1 Å². The molecule has 38 heteroatoms. The van der Waals surface area contributed by atoms with Gasteiger partial charge < -0.3 is 54.5 Å². The van der Waals surface area contributed by atoms with Gasteiger partial charge in [-0.15, -0.1) is 12.4 Å². The maximum atomic E-state index is 13.6. The Morgan fingerprint density at radius 1 is 0.463 bits per heavy atom.